The van der Waals surface area contributed by atoms with Crippen LogP contribution in [0.4, 0.5) is 10.5 Å². The molecular weight excluding hydrogens is 470 g/mol. The molecule has 1 unspecified atom stereocenters. The number of nitrogens with one attached hydrogen (secondary N) is 1. The number of rotatable bonds is 7. The van der Waals surface area contributed by atoms with Gasteiger partial charge in [0.1, 0.15) is 0 Å². The van der Waals surface area contributed by atoms with Crippen molar-refractivity contribution in [2.75, 3.05) is 18.0 Å². The van der Waals surface area contributed by atoms with Crippen molar-refractivity contribution < 1.29 is 24.6 Å². The predicted molar refractivity (Wildman–Crippen MR) is 141 cm³/mol. The molecule has 1 atom stereocenters. The molecule has 1 saturated carbocycles. The summed E-state index contributed by atoms with van der Waals surface area (Å²) in [5, 5.41) is 20.6. The molecular formula is C29H37N3O5. The highest BCUT2D eigenvalue weighted by molar-refractivity contribution is 5.96. The van der Waals surface area contributed by atoms with Gasteiger partial charge in [-0.25, -0.2) is 9.59 Å². The lowest BCUT2D eigenvalue weighted by Gasteiger charge is -2.45. The second-order valence-corrected chi connectivity index (χ2v) is 11.4. The van der Waals surface area contributed by atoms with E-state index in [-0.39, 0.29) is 23.5 Å². The van der Waals surface area contributed by atoms with Gasteiger partial charge in [-0.2, -0.15) is 0 Å². The zero-order valence-corrected chi connectivity index (χ0v) is 21.8. The lowest BCUT2D eigenvalue weighted by molar-refractivity contribution is -0.146. The van der Waals surface area contributed by atoms with E-state index in [4.69, 9.17) is 5.11 Å². The van der Waals surface area contributed by atoms with Crippen molar-refractivity contribution in [1.82, 2.24) is 10.2 Å². The van der Waals surface area contributed by atoms with E-state index in [1.54, 1.807) is 12.1 Å². The molecule has 2 aliphatic rings. The summed E-state index contributed by atoms with van der Waals surface area (Å²) >= 11 is 0. The van der Waals surface area contributed by atoms with Crippen LogP contribution in [-0.4, -0.2) is 57.8 Å². The number of aliphatic carboxylic acids is 1. The van der Waals surface area contributed by atoms with Gasteiger partial charge >= 0.3 is 12.0 Å². The van der Waals surface area contributed by atoms with Crippen molar-refractivity contribution in [2.45, 2.75) is 64.6 Å². The Labute approximate surface area is 218 Å². The van der Waals surface area contributed by atoms with Crippen molar-refractivity contribution in [3.05, 3.63) is 65.7 Å². The molecule has 0 radical (unpaired) electrons. The zero-order chi connectivity index (χ0) is 26.8. The van der Waals surface area contributed by atoms with Gasteiger partial charge in [-0.3, -0.25) is 9.69 Å². The third-order valence-corrected chi connectivity index (χ3v) is 7.99. The van der Waals surface area contributed by atoms with E-state index in [0.717, 1.165) is 36.9 Å². The number of benzene rings is 2. The molecule has 37 heavy (non-hydrogen) atoms. The first kappa shape index (κ1) is 26.7. The summed E-state index contributed by atoms with van der Waals surface area (Å²) in [5.74, 6) is -1.23. The summed E-state index contributed by atoms with van der Waals surface area (Å²) in [6.45, 7) is 7.63. The number of carbonyl (C=O) groups excluding carboxylic acids is 2. The van der Waals surface area contributed by atoms with Crippen LogP contribution in [0.5, 0.6) is 0 Å². The van der Waals surface area contributed by atoms with Gasteiger partial charge in [-0.05, 0) is 66.8 Å². The van der Waals surface area contributed by atoms with Gasteiger partial charge in [0.15, 0.2) is 6.10 Å². The van der Waals surface area contributed by atoms with E-state index in [0.29, 0.717) is 24.6 Å². The van der Waals surface area contributed by atoms with E-state index >= 15 is 0 Å². The third-order valence-electron chi connectivity index (χ3n) is 7.99. The lowest BCUT2D eigenvalue weighted by Crippen LogP contribution is -2.50. The largest absolute Gasteiger partial charge is 0.479 e. The number of carboxylic acid groups (broad SMARTS) is 1. The maximum Gasteiger partial charge on any atom is 0.334 e. The molecule has 198 valence electrons. The molecule has 2 aromatic carbocycles. The molecule has 1 spiro atoms. The van der Waals surface area contributed by atoms with Gasteiger partial charge in [0.2, 0.25) is 0 Å². The summed E-state index contributed by atoms with van der Waals surface area (Å²) in [7, 11) is 0. The number of nitrogens with zero attached hydrogens (tertiary/aromatic N) is 2. The Morgan fingerprint density at radius 2 is 1.68 bits per heavy atom. The minimum Gasteiger partial charge on any atom is -0.479 e. The Hall–Kier alpha value is -3.39. The fourth-order valence-corrected chi connectivity index (χ4v) is 5.61. The zero-order valence-electron chi connectivity index (χ0n) is 21.8. The van der Waals surface area contributed by atoms with Crippen molar-refractivity contribution in [2.24, 2.45) is 11.3 Å². The van der Waals surface area contributed by atoms with Gasteiger partial charge < -0.3 is 20.4 Å². The Balaban J connectivity index is 1.51. The molecule has 2 fully saturated rings. The Morgan fingerprint density at radius 1 is 1.05 bits per heavy atom. The van der Waals surface area contributed by atoms with E-state index in [1.165, 1.54) is 0 Å². The van der Waals surface area contributed by atoms with Crippen LogP contribution in [0.15, 0.2) is 54.6 Å². The number of para-hydroxylation sites is 1. The molecule has 0 aromatic heterocycles. The highest BCUT2D eigenvalue weighted by Gasteiger charge is 2.52. The maximum atomic E-state index is 13.8. The van der Waals surface area contributed by atoms with Crippen molar-refractivity contribution in [3.63, 3.8) is 0 Å². The number of hydrogen-bond acceptors (Lipinski definition) is 4. The van der Waals surface area contributed by atoms with Crippen LogP contribution in [0.25, 0.3) is 0 Å². The lowest BCUT2D eigenvalue weighted by atomic mass is 9.67. The normalized spacial score (nSPS) is 22.8. The highest BCUT2D eigenvalue weighted by Crippen LogP contribution is 2.47. The fraction of sp³-hybridized carbons (Fsp3) is 0.483. The van der Waals surface area contributed by atoms with Crippen LogP contribution in [0.1, 0.15) is 62.4 Å². The fourth-order valence-electron chi connectivity index (χ4n) is 5.61. The number of urea groups is 1. The minimum atomic E-state index is -1.65. The maximum absolute atomic E-state index is 13.8. The van der Waals surface area contributed by atoms with Gasteiger partial charge in [-0.1, -0.05) is 51.1 Å². The molecule has 2 aromatic rings. The summed E-state index contributed by atoms with van der Waals surface area (Å²) in [4.78, 5) is 40.8. The molecule has 1 aliphatic carbocycles. The van der Waals surface area contributed by atoms with Gasteiger partial charge in [0.25, 0.3) is 5.91 Å². The second-order valence-electron chi connectivity index (χ2n) is 11.4. The Morgan fingerprint density at radius 3 is 2.24 bits per heavy atom. The van der Waals surface area contributed by atoms with Crippen LogP contribution in [0.3, 0.4) is 0 Å². The molecule has 1 aliphatic heterocycles. The average molecular weight is 508 g/mol. The SMILES string of the molecule is CC(C)(C)C1CCC2(CC1)CN(c1ccccc1)C(=O)N2Cc1ccc(C(=O)NCC(O)C(=O)O)cc1. The number of carboxylic acids is 1. The number of anilines is 1. The Bertz CT molecular complexity index is 1120. The highest BCUT2D eigenvalue weighted by atomic mass is 16.4. The first-order valence-corrected chi connectivity index (χ1v) is 12.9. The van der Waals surface area contributed by atoms with Crippen LogP contribution in [0, 0.1) is 11.3 Å². The number of aliphatic hydroxyl groups excluding tert-OH is 1. The van der Waals surface area contributed by atoms with Crippen LogP contribution < -0.4 is 10.2 Å². The number of hydrogen-bond donors (Lipinski definition) is 3. The van der Waals surface area contributed by atoms with Crippen LogP contribution >= 0.6 is 0 Å². The van der Waals surface area contributed by atoms with E-state index in [2.05, 4.69) is 26.1 Å². The smallest absolute Gasteiger partial charge is 0.334 e. The monoisotopic (exact) mass is 507 g/mol. The molecule has 0 bridgehead atoms. The summed E-state index contributed by atoms with van der Waals surface area (Å²) in [6.07, 6.45) is 2.42. The topological polar surface area (TPSA) is 110 Å². The molecule has 8 nitrogen and oxygen atoms in total. The number of aliphatic hydroxyl groups is 1. The summed E-state index contributed by atoms with van der Waals surface area (Å²) in [5.41, 5.74) is 2.19. The van der Waals surface area contributed by atoms with Crippen LogP contribution in [0.2, 0.25) is 0 Å². The molecule has 3 N–H and O–H groups in total. The van der Waals surface area contributed by atoms with Gasteiger partial charge in [-0.15, -0.1) is 0 Å². The Kier molecular flexibility index (Phi) is 7.59. The standard InChI is InChI=1S/C29H37N3O5/c1-28(2,3)22-13-15-29(16-14-22)19-31(23-7-5-4-6-8-23)27(37)32(29)18-20-9-11-21(12-10-20)25(34)30-17-24(33)26(35)36/h4-12,22,24,33H,13-19H2,1-3H3,(H,30,34)(H,35,36). The van der Waals surface area contributed by atoms with E-state index < -0.39 is 18.0 Å². The van der Waals surface area contributed by atoms with E-state index in [1.807, 2.05) is 52.3 Å². The number of amides is 3. The molecule has 3 amide bonds. The first-order valence-electron chi connectivity index (χ1n) is 12.9. The van der Waals surface area contributed by atoms with Crippen molar-refractivity contribution in [3.8, 4) is 0 Å². The van der Waals surface area contributed by atoms with Crippen LogP contribution in [-0.2, 0) is 11.3 Å². The summed E-state index contributed by atoms with van der Waals surface area (Å²) in [6, 6.07) is 16.8. The predicted octanol–water partition coefficient (Wildman–Crippen LogP) is 4.28. The van der Waals surface area contributed by atoms with E-state index in [9.17, 15) is 19.5 Å². The molecule has 1 saturated heterocycles. The van der Waals surface area contributed by atoms with Crippen molar-refractivity contribution >= 4 is 23.6 Å². The molecule has 8 heteroatoms. The third kappa shape index (κ3) is 5.80. The van der Waals surface area contributed by atoms with Crippen molar-refractivity contribution in [1.29, 1.82) is 0 Å². The number of carbonyl (C=O) groups is 3. The first-order chi connectivity index (χ1) is 17.5. The molecule has 1 heterocycles. The van der Waals surface area contributed by atoms with Gasteiger partial charge in [0.05, 0.1) is 18.6 Å². The quantitative estimate of drug-likeness (QED) is 0.518. The molecule has 4 rings (SSSR count). The summed E-state index contributed by atoms with van der Waals surface area (Å²) < 4.78 is 0. The minimum absolute atomic E-state index is 0.00452. The second kappa shape index (κ2) is 10.5. The van der Waals surface area contributed by atoms with Gasteiger partial charge in [0, 0.05) is 17.8 Å². The average Bonchev–Trinajstić information content (AvgIpc) is 3.13.